The van der Waals surface area contributed by atoms with Crippen LogP contribution in [-0.4, -0.2) is 21.0 Å². The maximum absolute atomic E-state index is 10.9. The number of rotatable bonds is 3. The highest BCUT2D eigenvalue weighted by Crippen LogP contribution is 2.46. The first-order valence-electron chi connectivity index (χ1n) is 5.87. The van der Waals surface area contributed by atoms with E-state index < -0.39 is 5.97 Å². The van der Waals surface area contributed by atoms with Gasteiger partial charge in [0, 0.05) is 21.5 Å². The number of thiophene rings is 1. The van der Waals surface area contributed by atoms with E-state index in [-0.39, 0.29) is 11.8 Å². The molecular weight excluding hydrogens is 328 g/mol. The summed E-state index contributed by atoms with van der Waals surface area (Å²) in [7, 11) is 0. The van der Waals surface area contributed by atoms with E-state index in [0.29, 0.717) is 12.2 Å². The van der Waals surface area contributed by atoms with E-state index in [4.69, 9.17) is 5.11 Å². The second kappa shape index (κ2) is 4.68. The zero-order chi connectivity index (χ0) is 13.6. The van der Waals surface area contributed by atoms with Crippen LogP contribution in [0.25, 0.3) is 10.6 Å². The van der Waals surface area contributed by atoms with Gasteiger partial charge in [0.2, 0.25) is 0 Å². The molecule has 2 heterocycles. The molecule has 19 heavy (non-hydrogen) atoms. The molecule has 4 nitrogen and oxygen atoms in total. The van der Waals surface area contributed by atoms with Gasteiger partial charge in [-0.15, -0.1) is 11.3 Å². The van der Waals surface area contributed by atoms with Crippen molar-refractivity contribution in [3.63, 3.8) is 0 Å². The second-order valence-corrected chi connectivity index (χ2v) is 6.50. The molecule has 6 heteroatoms. The van der Waals surface area contributed by atoms with E-state index in [9.17, 15) is 4.79 Å². The van der Waals surface area contributed by atoms with Crippen LogP contribution in [0.3, 0.4) is 0 Å². The number of hydrogen-bond donors (Lipinski definition) is 1. The normalized spacial score (nSPS) is 21.4. The number of nitrogens with zero attached hydrogens (tertiary/aromatic N) is 2. The molecule has 2 atom stereocenters. The number of carboxylic acids is 1. The van der Waals surface area contributed by atoms with Gasteiger partial charge in [0.1, 0.15) is 5.82 Å². The van der Waals surface area contributed by atoms with E-state index in [0.717, 1.165) is 20.7 Å². The minimum atomic E-state index is -0.754. The lowest BCUT2D eigenvalue weighted by Gasteiger charge is -2.03. The predicted octanol–water partition coefficient (Wildman–Crippen LogP) is 3.46. The summed E-state index contributed by atoms with van der Waals surface area (Å²) in [5.41, 5.74) is 1.75. The fourth-order valence-electron chi connectivity index (χ4n) is 2.08. The molecule has 98 valence electrons. The Labute approximate surface area is 122 Å². The standard InChI is InChI=1S/C13H11BrN2O2S/c1-6-2-10(11-3-7(14)5-19-11)16-12(15-6)8-4-9(8)13(17)18/h2-3,5,8-9H,4H2,1H3,(H,17,18). The van der Waals surface area contributed by atoms with Gasteiger partial charge >= 0.3 is 5.97 Å². The Morgan fingerprint density at radius 1 is 1.47 bits per heavy atom. The topological polar surface area (TPSA) is 63.1 Å². The third-order valence-corrected chi connectivity index (χ3v) is 4.84. The summed E-state index contributed by atoms with van der Waals surface area (Å²) in [4.78, 5) is 20.9. The van der Waals surface area contributed by atoms with Crippen LogP contribution >= 0.6 is 27.3 Å². The molecule has 1 N–H and O–H groups in total. The van der Waals surface area contributed by atoms with Gasteiger partial charge in [-0.3, -0.25) is 4.79 Å². The number of aliphatic carboxylic acids is 1. The third kappa shape index (κ3) is 2.55. The smallest absolute Gasteiger partial charge is 0.307 e. The summed E-state index contributed by atoms with van der Waals surface area (Å²) in [5, 5.41) is 11.0. The lowest BCUT2D eigenvalue weighted by atomic mass is 10.2. The second-order valence-electron chi connectivity index (χ2n) is 4.67. The Bertz CT molecular complexity index is 656. The lowest BCUT2D eigenvalue weighted by molar-refractivity contribution is -0.138. The summed E-state index contributed by atoms with van der Waals surface area (Å²) >= 11 is 5.03. The molecule has 0 saturated heterocycles. The number of aryl methyl sites for hydroxylation is 1. The van der Waals surface area contributed by atoms with Crippen LogP contribution in [-0.2, 0) is 4.79 Å². The van der Waals surface area contributed by atoms with Gasteiger partial charge in [0.05, 0.1) is 16.5 Å². The van der Waals surface area contributed by atoms with Crippen LogP contribution in [0.5, 0.6) is 0 Å². The molecule has 0 radical (unpaired) electrons. The van der Waals surface area contributed by atoms with Crippen molar-refractivity contribution < 1.29 is 9.90 Å². The Morgan fingerprint density at radius 3 is 2.84 bits per heavy atom. The van der Waals surface area contributed by atoms with E-state index in [1.807, 2.05) is 24.4 Å². The van der Waals surface area contributed by atoms with Crippen molar-refractivity contribution in [2.45, 2.75) is 19.3 Å². The predicted molar refractivity (Wildman–Crippen MR) is 76.3 cm³/mol. The summed E-state index contributed by atoms with van der Waals surface area (Å²) < 4.78 is 1.03. The summed E-state index contributed by atoms with van der Waals surface area (Å²) in [6.45, 7) is 1.91. The minimum absolute atomic E-state index is 0.0282. The molecule has 2 aromatic heterocycles. The Balaban J connectivity index is 1.95. The molecule has 0 spiro atoms. The largest absolute Gasteiger partial charge is 0.481 e. The highest BCUT2D eigenvalue weighted by Gasteiger charge is 2.46. The highest BCUT2D eigenvalue weighted by molar-refractivity contribution is 9.10. The van der Waals surface area contributed by atoms with Gasteiger partial charge in [-0.1, -0.05) is 0 Å². The maximum atomic E-state index is 10.9. The van der Waals surface area contributed by atoms with Crippen molar-refractivity contribution in [1.82, 2.24) is 9.97 Å². The van der Waals surface area contributed by atoms with Crippen LogP contribution < -0.4 is 0 Å². The highest BCUT2D eigenvalue weighted by atomic mass is 79.9. The molecule has 1 aliphatic rings. The van der Waals surface area contributed by atoms with Gasteiger partial charge in [-0.2, -0.15) is 0 Å². The van der Waals surface area contributed by atoms with Crippen molar-refractivity contribution in [3.05, 3.63) is 33.5 Å². The number of halogens is 1. The molecular formula is C13H11BrN2O2S. The molecule has 3 rings (SSSR count). The third-order valence-electron chi connectivity index (χ3n) is 3.13. The van der Waals surface area contributed by atoms with Crippen LogP contribution in [0.15, 0.2) is 22.0 Å². The molecule has 2 aromatic rings. The van der Waals surface area contributed by atoms with Gasteiger partial charge in [0.15, 0.2) is 0 Å². The number of carboxylic acid groups (broad SMARTS) is 1. The van der Waals surface area contributed by atoms with Crippen LogP contribution in [0.2, 0.25) is 0 Å². The van der Waals surface area contributed by atoms with Gasteiger partial charge in [-0.25, -0.2) is 9.97 Å². The fraction of sp³-hybridized carbons (Fsp3) is 0.308. The van der Waals surface area contributed by atoms with Crippen molar-refractivity contribution in [2.75, 3.05) is 0 Å². The molecule has 2 unspecified atom stereocenters. The van der Waals surface area contributed by atoms with Crippen molar-refractivity contribution in [1.29, 1.82) is 0 Å². The molecule has 0 bridgehead atoms. The van der Waals surface area contributed by atoms with E-state index in [2.05, 4.69) is 25.9 Å². The Hall–Kier alpha value is -1.27. The molecule has 0 amide bonds. The number of carbonyl (C=O) groups is 1. The molecule has 0 aliphatic heterocycles. The first-order chi connectivity index (χ1) is 9.04. The zero-order valence-corrected chi connectivity index (χ0v) is 12.5. The summed E-state index contributed by atoms with van der Waals surface area (Å²) in [5.74, 6) is -0.438. The molecule has 1 fully saturated rings. The van der Waals surface area contributed by atoms with Crippen LogP contribution in [0.4, 0.5) is 0 Å². The average molecular weight is 339 g/mol. The van der Waals surface area contributed by atoms with Crippen LogP contribution in [0, 0.1) is 12.8 Å². The number of aromatic nitrogens is 2. The minimum Gasteiger partial charge on any atom is -0.481 e. The first kappa shape index (κ1) is 12.7. The van der Waals surface area contributed by atoms with Crippen molar-refractivity contribution in [2.24, 2.45) is 5.92 Å². The first-order valence-corrected chi connectivity index (χ1v) is 7.54. The quantitative estimate of drug-likeness (QED) is 0.930. The van der Waals surface area contributed by atoms with Gasteiger partial charge in [0.25, 0.3) is 0 Å². The van der Waals surface area contributed by atoms with Gasteiger partial charge in [-0.05, 0) is 41.4 Å². The number of hydrogen-bond acceptors (Lipinski definition) is 4. The summed E-state index contributed by atoms with van der Waals surface area (Å²) in [6.07, 6.45) is 0.645. The molecule has 1 aliphatic carbocycles. The molecule has 1 saturated carbocycles. The van der Waals surface area contributed by atoms with E-state index >= 15 is 0 Å². The Kier molecular flexibility index (Phi) is 3.14. The zero-order valence-electron chi connectivity index (χ0n) is 10.1. The van der Waals surface area contributed by atoms with Crippen LogP contribution in [0.1, 0.15) is 23.9 Å². The summed E-state index contributed by atoms with van der Waals surface area (Å²) in [6, 6.07) is 3.94. The average Bonchev–Trinajstić information content (AvgIpc) is 3.05. The molecule has 0 aromatic carbocycles. The van der Waals surface area contributed by atoms with Gasteiger partial charge < -0.3 is 5.11 Å². The van der Waals surface area contributed by atoms with E-state index in [1.54, 1.807) is 11.3 Å². The Morgan fingerprint density at radius 2 is 2.26 bits per heavy atom. The fourth-order valence-corrected chi connectivity index (χ4v) is 3.47. The monoisotopic (exact) mass is 338 g/mol. The van der Waals surface area contributed by atoms with Crippen molar-refractivity contribution in [3.8, 4) is 10.6 Å². The van der Waals surface area contributed by atoms with Crippen molar-refractivity contribution >= 4 is 33.2 Å². The van der Waals surface area contributed by atoms with E-state index in [1.165, 1.54) is 0 Å². The SMILES string of the molecule is Cc1cc(-c2cc(Br)cs2)nc(C2CC2C(=O)O)n1. The lowest BCUT2D eigenvalue weighted by Crippen LogP contribution is -2.03. The maximum Gasteiger partial charge on any atom is 0.307 e.